The first-order valence-corrected chi connectivity index (χ1v) is 5.67. The normalized spacial score (nSPS) is 22.2. The van der Waals surface area contributed by atoms with Gasteiger partial charge in [0, 0.05) is 23.7 Å². The van der Waals surface area contributed by atoms with Crippen LogP contribution in [0.15, 0.2) is 6.07 Å². The van der Waals surface area contributed by atoms with Crippen LogP contribution in [0.3, 0.4) is 0 Å². The quantitative estimate of drug-likeness (QED) is 0.684. The highest BCUT2D eigenvalue weighted by molar-refractivity contribution is 5.99. The molecule has 0 radical (unpaired) electrons. The molecular weight excluding hydrogens is 223 g/mol. The lowest BCUT2D eigenvalue weighted by molar-refractivity contribution is 0.0943. The Bertz CT molecular complexity index is 502. The Kier molecular flexibility index (Phi) is 2.29. The number of benzene rings is 1. The van der Waals surface area contributed by atoms with Gasteiger partial charge in [0.1, 0.15) is 6.61 Å². The summed E-state index contributed by atoms with van der Waals surface area (Å²) in [5.74, 6) is -0.344. The monoisotopic (exact) mass is 236 g/mol. The third kappa shape index (κ3) is 1.58. The van der Waals surface area contributed by atoms with Crippen LogP contribution < -0.4 is 15.8 Å². The standard InChI is InChI=1S/C12H13FN2O2/c13-9-3-6-1-2-15-12(16)10(6)8-4-7(14)5-17-11(8)9/h3,7H,1-2,4-5,14H2,(H,15,16). The van der Waals surface area contributed by atoms with Crippen molar-refractivity contribution in [3.63, 3.8) is 0 Å². The van der Waals surface area contributed by atoms with Crippen LogP contribution in [0.2, 0.25) is 0 Å². The maximum Gasteiger partial charge on any atom is 0.251 e. The smallest absolute Gasteiger partial charge is 0.251 e. The summed E-state index contributed by atoms with van der Waals surface area (Å²) >= 11 is 0. The summed E-state index contributed by atoms with van der Waals surface area (Å²) < 4.78 is 19.1. The van der Waals surface area contributed by atoms with E-state index in [0.717, 1.165) is 5.56 Å². The first-order chi connectivity index (χ1) is 8.16. The minimum Gasteiger partial charge on any atom is -0.489 e. The Morgan fingerprint density at radius 2 is 2.35 bits per heavy atom. The van der Waals surface area contributed by atoms with Gasteiger partial charge in [0.2, 0.25) is 0 Å². The maximum absolute atomic E-state index is 13.8. The van der Waals surface area contributed by atoms with Gasteiger partial charge in [-0.1, -0.05) is 0 Å². The second kappa shape index (κ2) is 3.70. The van der Waals surface area contributed by atoms with Crippen molar-refractivity contribution in [1.29, 1.82) is 0 Å². The SMILES string of the molecule is NC1COc2c(F)cc3c(c2C1)C(=O)NCC3. The third-order valence-corrected chi connectivity index (χ3v) is 3.23. The first-order valence-electron chi connectivity index (χ1n) is 5.67. The van der Waals surface area contributed by atoms with Crippen molar-refractivity contribution in [2.24, 2.45) is 5.73 Å². The summed E-state index contributed by atoms with van der Waals surface area (Å²) in [6.07, 6.45) is 1.14. The van der Waals surface area contributed by atoms with Crippen LogP contribution in [-0.2, 0) is 12.8 Å². The van der Waals surface area contributed by atoms with E-state index >= 15 is 0 Å². The van der Waals surface area contributed by atoms with E-state index in [4.69, 9.17) is 10.5 Å². The molecule has 1 aromatic carbocycles. The number of hydrogen-bond acceptors (Lipinski definition) is 3. The predicted molar refractivity (Wildman–Crippen MR) is 59.6 cm³/mol. The molecule has 2 heterocycles. The largest absolute Gasteiger partial charge is 0.489 e. The Morgan fingerprint density at radius 3 is 3.18 bits per heavy atom. The average Bonchev–Trinajstić information content (AvgIpc) is 2.28. The van der Waals surface area contributed by atoms with Gasteiger partial charge in [0.15, 0.2) is 11.6 Å². The Labute approximate surface area is 97.9 Å². The minimum absolute atomic E-state index is 0.153. The number of hydrogen-bond donors (Lipinski definition) is 2. The van der Waals surface area contributed by atoms with Crippen LogP contribution in [0.25, 0.3) is 0 Å². The molecule has 0 aliphatic carbocycles. The van der Waals surface area contributed by atoms with Crippen molar-refractivity contribution in [3.8, 4) is 5.75 Å². The summed E-state index contributed by atoms with van der Waals surface area (Å²) in [4.78, 5) is 11.8. The molecule has 2 aliphatic heterocycles. The van der Waals surface area contributed by atoms with Gasteiger partial charge in [0.25, 0.3) is 5.91 Å². The number of nitrogens with two attached hydrogens (primary N) is 1. The molecule has 3 N–H and O–H groups in total. The lowest BCUT2D eigenvalue weighted by Gasteiger charge is -2.28. The summed E-state index contributed by atoms with van der Waals surface area (Å²) in [6.45, 7) is 0.849. The van der Waals surface area contributed by atoms with Crippen LogP contribution in [0.4, 0.5) is 4.39 Å². The molecule has 1 amide bonds. The Balaban J connectivity index is 2.22. The van der Waals surface area contributed by atoms with Crippen molar-refractivity contribution in [3.05, 3.63) is 28.6 Å². The van der Waals surface area contributed by atoms with E-state index < -0.39 is 0 Å². The highest BCUT2D eigenvalue weighted by Crippen LogP contribution is 2.34. The molecule has 0 bridgehead atoms. The number of rotatable bonds is 0. The molecule has 3 rings (SSSR count). The van der Waals surface area contributed by atoms with Crippen molar-refractivity contribution < 1.29 is 13.9 Å². The summed E-state index contributed by atoms with van der Waals surface area (Å²) in [5.41, 5.74) is 7.73. The number of fused-ring (bicyclic) bond motifs is 3. The van der Waals surface area contributed by atoms with Gasteiger partial charge < -0.3 is 15.8 Å². The van der Waals surface area contributed by atoms with E-state index in [-0.39, 0.29) is 23.5 Å². The molecule has 1 aromatic rings. The van der Waals surface area contributed by atoms with E-state index in [1.54, 1.807) is 0 Å². The van der Waals surface area contributed by atoms with Gasteiger partial charge in [-0.25, -0.2) is 4.39 Å². The highest BCUT2D eigenvalue weighted by Gasteiger charge is 2.30. The molecule has 1 unspecified atom stereocenters. The third-order valence-electron chi connectivity index (χ3n) is 3.23. The molecule has 0 saturated heterocycles. The molecule has 17 heavy (non-hydrogen) atoms. The topological polar surface area (TPSA) is 64.3 Å². The first kappa shape index (κ1) is 10.5. The number of ether oxygens (including phenoxy) is 1. The van der Waals surface area contributed by atoms with E-state index in [1.165, 1.54) is 6.07 Å². The van der Waals surface area contributed by atoms with Gasteiger partial charge in [0.05, 0.1) is 0 Å². The number of nitrogens with one attached hydrogen (secondary N) is 1. The van der Waals surface area contributed by atoms with Crippen LogP contribution in [0.5, 0.6) is 5.75 Å². The van der Waals surface area contributed by atoms with Crippen molar-refractivity contribution >= 4 is 5.91 Å². The van der Waals surface area contributed by atoms with E-state index in [2.05, 4.69) is 5.32 Å². The summed E-state index contributed by atoms with van der Waals surface area (Å²) in [7, 11) is 0. The number of carbonyl (C=O) groups excluding carboxylic acids is 1. The molecule has 0 aromatic heterocycles. The van der Waals surface area contributed by atoms with Crippen molar-refractivity contribution in [1.82, 2.24) is 5.32 Å². The van der Waals surface area contributed by atoms with E-state index in [0.29, 0.717) is 37.1 Å². The molecule has 0 fully saturated rings. The van der Waals surface area contributed by atoms with E-state index in [1.807, 2.05) is 0 Å². The highest BCUT2D eigenvalue weighted by atomic mass is 19.1. The number of carbonyl (C=O) groups is 1. The fourth-order valence-corrected chi connectivity index (χ4v) is 2.48. The van der Waals surface area contributed by atoms with Crippen LogP contribution in [0, 0.1) is 5.82 Å². The molecule has 0 spiro atoms. The fraction of sp³-hybridized carbons (Fsp3) is 0.417. The molecule has 0 saturated carbocycles. The zero-order chi connectivity index (χ0) is 12.0. The molecule has 1 atom stereocenters. The lowest BCUT2D eigenvalue weighted by Crippen LogP contribution is -2.38. The van der Waals surface area contributed by atoms with Gasteiger partial charge in [-0.15, -0.1) is 0 Å². The van der Waals surface area contributed by atoms with Gasteiger partial charge in [-0.05, 0) is 24.5 Å². The molecule has 5 heteroatoms. The average molecular weight is 236 g/mol. The molecule has 90 valence electrons. The fourth-order valence-electron chi connectivity index (χ4n) is 2.48. The summed E-state index contributed by atoms with van der Waals surface area (Å²) in [5, 5.41) is 2.76. The van der Waals surface area contributed by atoms with Crippen LogP contribution >= 0.6 is 0 Å². The van der Waals surface area contributed by atoms with Crippen LogP contribution in [0.1, 0.15) is 21.5 Å². The minimum atomic E-state index is -0.389. The molecule has 2 aliphatic rings. The Morgan fingerprint density at radius 1 is 1.53 bits per heavy atom. The summed E-state index contributed by atoms with van der Waals surface area (Å²) in [6, 6.07) is 1.23. The molecular formula is C12H13FN2O2. The van der Waals surface area contributed by atoms with Crippen LogP contribution in [-0.4, -0.2) is 25.1 Å². The molecule has 4 nitrogen and oxygen atoms in total. The second-order valence-electron chi connectivity index (χ2n) is 4.48. The lowest BCUT2D eigenvalue weighted by atomic mass is 9.90. The zero-order valence-electron chi connectivity index (χ0n) is 9.25. The van der Waals surface area contributed by atoms with Crippen molar-refractivity contribution in [2.45, 2.75) is 18.9 Å². The Hall–Kier alpha value is -1.62. The second-order valence-corrected chi connectivity index (χ2v) is 4.48. The van der Waals surface area contributed by atoms with Gasteiger partial charge >= 0.3 is 0 Å². The van der Waals surface area contributed by atoms with Gasteiger partial charge in [-0.3, -0.25) is 4.79 Å². The predicted octanol–water partition coefficient (Wildman–Crippen LogP) is 0.374. The van der Waals surface area contributed by atoms with Gasteiger partial charge in [-0.2, -0.15) is 0 Å². The van der Waals surface area contributed by atoms with Crippen molar-refractivity contribution in [2.75, 3.05) is 13.2 Å². The number of halogens is 1. The number of amides is 1. The zero-order valence-corrected chi connectivity index (χ0v) is 9.25. The van der Waals surface area contributed by atoms with E-state index in [9.17, 15) is 9.18 Å². The maximum atomic E-state index is 13.8.